The summed E-state index contributed by atoms with van der Waals surface area (Å²) >= 11 is 0. The largest absolute Gasteiger partial charge is 0.322 e. The Morgan fingerprint density at radius 2 is 1.81 bits per heavy atom. The maximum absolute atomic E-state index is 12.4. The molecule has 6 heteroatoms. The SMILES string of the molecule is CC(C)c1cccc(NC(=O)c2ccc(N3NC(=O)CCC3=O)cc2)c1. The monoisotopic (exact) mass is 351 g/mol. The van der Waals surface area contributed by atoms with Crippen molar-refractivity contribution in [2.24, 2.45) is 0 Å². The number of rotatable bonds is 4. The molecule has 0 spiro atoms. The number of amides is 3. The molecule has 26 heavy (non-hydrogen) atoms. The lowest BCUT2D eigenvalue weighted by Crippen LogP contribution is -2.50. The van der Waals surface area contributed by atoms with Gasteiger partial charge in [-0.25, -0.2) is 5.01 Å². The lowest BCUT2D eigenvalue weighted by molar-refractivity contribution is -0.130. The van der Waals surface area contributed by atoms with E-state index in [4.69, 9.17) is 0 Å². The average molecular weight is 351 g/mol. The summed E-state index contributed by atoms with van der Waals surface area (Å²) in [4.78, 5) is 35.8. The smallest absolute Gasteiger partial charge is 0.255 e. The summed E-state index contributed by atoms with van der Waals surface area (Å²) in [7, 11) is 0. The van der Waals surface area contributed by atoms with E-state index in [-0.39, 0.29) is 30.6 Å². The number of carbonyl (C=O) groups is 3. The van der Waals surface area contributed by atoms with Gasteiger partial charge in [0, 0.05) is 24.1 Å². The summed E-state index contributed by atoms with van der Waals surface area (Å²) in [5.74, 6) is -0.223. The fourth-order valence-corrected chi connectivity index (χ4v) is 2.72. The summed E-state index contributed by atoms with van der Waals surface area (Å²) in [5.41, 5.74) is 5.42. The van der Waals surface area contributed by atoms with Gasteiger partial charge in [0.2, 0.25) is 11.8 Å². The highest BCUT2D eigenvalue weighted by atomic mass is 16.2. The fraction of sp³-hybridized carbons (Fsp3) is 0.250. The second kappa shape index (κ2) is 7.39. The maximum atomic E-state index is 12.4. The van der Waals surface area contributed by atoms with Crippen LogP contribution in [0.2, 0.25) is 0 Å². The highest BCUT2D eigenvalue weighted by molar-refractivity contribution is 6.05. The van der Waals surface area contributed by atoms with E-state index in [1.54, 1.807) is 24.3 Å². The first-order valence-corrected chi connectivity index (χ1v) is 8.58. The Morgan fingerprint density at radius 1 is 1.08 bits per heavy atom. The first-order chi connectivity index (χ1) is 12.4. The molecule has 1 fully saturated rings. The fourth-order valence-electron chi connectivity index (χ4n) is 2.72. The number of nitrogens with zero attached hydrogens (tertiary/aromatic N) is 1. The molecule has 0 unspecified atom stereocenters. The number of hydrazine groups is 1. The van der Waals surface area contributed by atoms with Crippen LogP contribution in [-0.4, -0.2) is 17.7 Å². The Labute approximate surface area is 152 Å². The van der Waals surface area contributed by atoms with E-state index in [0.29, 0.717) is 17.2 Å². The lowest BCUT2D eigenvalue weighted by atomic mass is 10.0. The Kier molecular flexibility index (Phi) is 5.02. The van der Waals surface area contributed by atoms with Gasteiger partial charge in [0.1, 0.15) is 0 Å². The number of hydrogen-bond acceptors (Lipinski definition) is 3. The molecule has 0 aliphatic carbocycles. The number of anilines is 2. The Balaban J connectivity index is 1.72. The third-order valence-electron chi connectivity index (χ3n) is 4.25. The van der Waals surface area contributed by atoms with Crippen LogP contribution in [-0.2, 0) is 9.59 Å². The quantitative estimate of drug-likeness (QED) is 0.888. The standard InChI is InChI=1S/C20H21N3O3/c1-13(2)15-4-3-5-16(12-15)21-20(26)14-6-8-17(9-7-14)23-19(25)11-10-18(24)22-23/h3-9,12-13H,10-11H2,1-2H3,(H,21,26)(H,22,24). The number of benzene rings is 2. The molecule has 0 aromatic heterocycles. The van der Waals surface area contributed by atoms with Crippen molar-refractivity contribution in [1.82, 2.24) is 5.43 Å². The van der Waals surface area contributed by atoms with Gasteiger partial charge < -0.3 is 5.32 Å². The minimum atomic E-state index is -0.230. The van der Waals surface area contributed by atoms with Gasteiger partial charge in [0.25, 0.3) is 5.91 Å². The molecule has 2 aromatic carbocycles. The minimum Gasteiger partial charge on any atom is -0.322 e. The van der Waals surface area contributed by atoms with Crippen LogP contribution >= 0.6 is 0 Å². The molecule has 1 heterocycles. The Hall–Kier alpha value is -3.15. The molecule has 3 rings (SSSR count). The Morgan fingerprint density at radius 3 is 2.50 bits per heavy atom. The first-order valence-electron chi connectivity index (χ1n) is 8.58. The van der Waals surface area contributed by atoms with Crippen LogP contribution < -0.4 is 15.8 Å². The van der Waals surface area contributed by atoms with E-state index >= 15 is 0 Å². The predicted octanol–water partition coefficient (Wildman–Crippen LogP) is 3.22. The zero-order valence-corrected chi connectivity index (χ0v) is 14.8. The zero-order valence-electron chi connectivity index (χ0n) is 14.8. The van der Waals surface area contributed by atoms with Crippen LogP contribution in [0.1, 0.15) is 48.5 Å². The molecule has 2 aromatic rings. The third-order valence-corrected chi connectivity index (χ3v) is 4.25. The van der Waals surface area contributed by atoms with Crippen LogP contribution in [0, 0.1) is 0 Å². The molecule has 0 saturated carbocycles. The van der Waals surface area contributed by atoms with E-state index in [1.807, 2.05) is 24.3 Å². The molecule has 134 valence electrons. The Bertz CT molecular complexity index is 844. The average Bonchev–Trinajstić information content (AvgIpc) is 2.64. The molecule has 0 bridgehead atoms. The van der Waals surface area contributed by atoms with Crippen LogP contribution in [0.15, 0.2) is 48.5 Å². The normalized spacial score (nSPS) is 14.3. The summed E-state index contributed by atoms with van der Waals surface area (Å²) in [5, 5.41) is 4.10. The van der Waals surface area contributed by atoms with Gasteiger partial charge in [-0.3, -0.25) is 19.8 Å². The second-order valence-corrected chi connectivity index (χ2v) is 6.55. The van der Waals surface area contributed by atoms with E-state index in [0.717, 1.165) is 11.3 Å². The number of nitrogens with one attached hydrogen (secondary N) is 2. The van der Waals surface area contributed by atoms with Crippen molar-refractivity contribution in [2.45, 2.75) is 32.6 Å². The van der Waals surface area contributed by atoms with Crippen molar-refractivity contribution in [3.05, 3.63) is 59.7 Å². The summed E-state index contributed by atoms with van der Waals surface area (Å²) in [6.07, 6.45) is 0.380. The summed E-state index contributed by atoms with van der Waals surface area (Å²) in [6, 6.07) is 14.3. The van der Waals surface area contributed by atoms with E-state index in [1.165, 1.54) is 5.01 Å². The number of hydrogen-bond donors (Lipinski definition) is 2. The van der Waals surface area contributed by atoms with Gasteiger partial charge >= 0.3 is 0 Å². The molecule has 0 atom stereocenters. The minimum absolute atomic E-state index is 0.174. The van der Waals surface area contributed by atoms with Gasteiger partial charge in [-0.2, -0.15) is 0 Å². The molecule has 6 nitrogen and oxygen atoms in total. The van der Waals surface area contributed by atoms with Gasteiger partial charge in [0.05, 0.1) is 5.69 Å². The molecule has 1 saturated heterocycles. The highest BCUT2D eigenvalue weighted by Gasteiger charge is 2.24. The van der Waals surface area contributed by atoms with Gasteiger partial charge in [-0.05, 0) is 47.9 Å². The topological polar surface area (TPSA) is 78.5 Å². The third kappa shape index (κ3) is 3.91. The van der Waals surface area contributed by atoms with Crippen LogP contribution in [0.3, 0.4) is 0 Å². The van der Waals surface area contributed by atoms with E-state index in [9.17, 15) is 14.4 Å². The van der Waals surface area contributed by atoms with Gasteiger partial charge in [-0.15, -0.1) is 0 Å². The van der Waals surface area contributed by atoms with Crippen molar-refractivity contribution in [3.63, 3.8) is 0 Å². The zero-order chi connectivity index (χ0) is 18.7. The summed E-state index contributed by atoms with van der Waals surface area (Å²) < 4.78 is 0. The second-order valence-electron chi connectivity index (χ2n) is 6.55. The predicted molar refractivity (Wildman–Crippen MR) is 99.8 cm³/mol. The molecular weight excluding hydrogens is 330 g/mol. The molecule has 2 N–H and O–H groups in total. The molecule has 3 amide bonds. The van der Waals surface area contributed by atoms with E-state index < -0.39 is 0 Å². The van der Waals surface area contributed by atoms with Crippen molar-refractivity contribution in [3.8, 4) is 0 Å². The lowest BCUT2D eigenvalue weighted by Gasteiger charge is -2.27. The summed E-state index contributed by atoms with van der Waals surface area (Å²) in [6.45, 7) is 4.20. The van der Waals surface area contributed by atoms with Crippen molar-refractivity contribution >= 4 is 29.1 Å². The molecule has 1 aliphatic heterocycles. The maximum Gasteiger partial charge on any atom is 0.255 e. The van der Waals surface area contributed by atoms with Crippen molar-refractivity contribution in [2.75, 3.05) is 10.3 Å². The van der Waals surface area contributed by atoms with Crippen LogP contribution in [0.4, 0.5) is 11.4 Å². The number of carbonyl (C=O) groups excluding carboxylic acids is 3. The van der Waals surface area contributed by atoms with Crippen molar-refractivity contribution in [1.29, 1.82) is 0 Å². The van der Waals surface area contributed by atoms with Crippen LogP contribution in [0.5, 0.6) is 0 Å². The van der Waals surface area contributed by atoms with Crippen molar-refractivity contribution < 1.29 is 14.4 Å². The van der Waals surface area contributed by atoms with Crippen LogP contribution in [0.25, 0.3) is 0 Å². The first kappa shape index (κ1) is 17.7. The van der Waals surface area contributed by atoms with E-state index in [2.05, 4.69) is 24.6 Å². The van der Waals surface area contributed by atoms with Gasteiger partial charge in [0.15, 0.2) is 0 Å². The molecule has 1 aliphatic rings. The molecule has 0 radical (unpaired) electrons. The molecular formula is C20H21N3O3. The van der Waals surface area contributed by atoms with Gasteiger partial charge in [-0.1, -0.05) is 26.0 Å². The highest BCUT2D eigenvalue weighted by Crippen LogP contribution is 2.21.